The van der Waals surface area contributed by atoms with E-state index in [-0.39, 0.29) is 6.04 Å². The molecule has 8 nitrogen and oxygen atoms in total. The van der Waals surface area contributed by atoms with Gasteiger partial charge in [0.05, 0.1) is 11.4 Å². The Balaban J connectivity index is 1.45. The average Bonchev–Trinajstić information content (AvgIpc) is 3.48. The molecule has 1 aliphatic heterocycles. The minimum Gasteiger partial charge on any atom is -0.337 e. The molecule has 1 aromatic carbocycles. The summed E-state index contributed by atoms with van der Waals surface area (Å²) in [5, 5.41) is 8.59. The maximum atomic E-state index is 5.62. The van der Waals surface area contributed by atoms with Crippen molar-refractivity contribution in [3.8, 4) is 22.6 Å². The third-order valence-corrected chi connectivity index (χ3v) is 5.20. The zero-order chi connectivity index (χ0) is 19.8. The van der Waals surface area contributed by atoms with Crippen molar-refractivity contribution in [2.45, 2.75) is 25.8 Å². The summed E-state index contributed by atoms with van der Waals surface area (Å²) < 4.78 is 7.42. The van der Waals surface area contributed by atoms with Gasteiger partial charge < -0.3 is 9.42 Å². The number of nitrogens with zero attached hydrogens (tertiary/aromatic N) is 7. The predicted octanol–water partition coefficient (Wildman–Crippen LogP) is 3.58. The average molecular weight is 387 g/mol. The van der Waals surface area contributed by atoms with Gasteiger partial charge in [0.15, 0.2) is 0 Å². The Morgan fingerprint density at radius 2 is 1.97 bits per heavy atom. The lowest BCUT2D eigenvalue weighted by molar-refractivity contribution is 0.354. The fraction of sp³-hybridized carbons (Fsp3) is 0.286. The van der Waals surface area contributed by atoms with E-state index in [0.717, 1.165) is 41.9 Å². The molecule has 0 saturated carbocycles. The summed E-state index contributed by atoms with van der Waals surface area (Å²) in [5.41, 5.74) is 3.76. The maximum Gasteiger partial charge on any atom is 0.249 e. The molecular weight excluding hydrogens is 366 g/mol. The van der Waals surface area contributed by atoms with E-state index in [1.54, 1.807) is 10.9 Å². The van der Waals surface area contributed by atoms with Crippen molar-refractivity contribution in [3.63, 3.8) is 0 Å². The number of rotatable bonds is 4. The van der Waals surface area contributed by atoms with Crippen LogP contribution in [0.25, 0.3) is 22.6 Å². The van der Waals surface area contributed by atoms with Crippen LogP contribution in [-0.2, 0) is 7.05 Å². The standard InChI is InChI=1S/C21H21N7O/c1-14-16(13-27(2)25-14)17-10-11-22-21(23-17)28-12-6-9-18(28)20-24-19(26-29-20)15-7-4-3-5-8-15/h3-5,7-8,10-11,13,18H,6,9,12H2,1-2H3/t18-/m1/s1. The lowest BCUT2D eigenvalue weighted by atomic mass is 10.2. The second-order valence-corrected chi connectivity index (χ2v) is 7.22. The first kappa shape index (κ1) is 17.5. The summed E-state index contributed by atoms with van der Waals surface area (Å²) >= 11 is 0. The van der Waals surface area contributed by atoms with Crippen LogP contribution < -0.4 is 4.90 Å². The van der Waals surface area contributed by atoms with Gasteiger partial charge in [0.1, 0.15) is 6.04 Å². The molecule has 0 radical (unpaired) electrons. The third-order valence-electron chi connectivity index (χ3n) is 5.20. The van der Waals surface area contributed by atoms with Gasteiger partial charge in [0.2, 0.25) is 17.7 Å². The molecule has 4 heterocycles. The quantitative estimate of drug-likeness (QED) is 0.529. The molecule has 4 aromatic rings. The Kier molecular flexibility index (Phi) is 4.31. The molecule has 0 aliphatic carbocycles. The van der Waals surface area contributed by atoms with Gasteiger partial charge in [0.25, 0.3) is 0 Å². The third kappa shape index (κ3) is 3.26. The molecule has 0 spiro atoms. The predicted molar refractivity (Wildman–Crippen MR) is 108 cm³/mol. The number of aromatic nitrogens is 6. The minimum absolute atomic E-state index is 0.0230. The van der Waals surface area contributed by atoms with Gasteiger partial charge in [-0.3, -0.25) is 4.68 Å². The highest BCUT2D eigenvalue weighted by atomic mass is 16.5. The molecule has 8 heteroatoms. The minimum atomic E-state index is -0.0230. The zero-order valence-corrected chi connectivity index (χ0v) is 16.4. The van der Waals surface area contributed by atoms with Gasteiger partial charge in [-0.05, 0) is 25.8 Å². The second kappa shape index (κ2) is 7.12. The topological polar surface area (TPSA) is 85.8 Å². The Bertz CT molecular complexity index is 1130. The fourth-order valence-corrected chi connectivity index (χ4v) is 3.83. The van der Waals surface area contributed by atoms with E-state index in [2.05, 4.69) is 25.1 Å². The summed E-state index contributed by atoms with van der Waals surface area (Å²) in [6.07, 6.45) is 5.72. The van der Waals surface area contributed by atoms with Gasteiger partial charge in [-0.25, -0.2) is 9.97 Å². The highest BCUT2D eigenvalue weighted by Gasteiger charge is 2.33. The maximum absolute atomic E-state index is 5.62. The molecule has 1 aliphatic rings. The van der Waals surface area contributed by atoms with Crippen LogP contribution in [0, 0.1) is 6.92 Å². The highest BCUT2D eigenvalue weighted by molar-refractivity contribution is 5.62. The molecule has 1 atom stereocenters. The van der Waals surface area contributed by atoms with Crippen LogP contribution in [0.3, 0.4) is 0 Å². The molecule has 0 bridgehead atoms. The van der Waals surface area contributed by atoms with Crippen LogP contribution in [0.2, 0.25) is 0 Å². The molecule has 29 heavy (non-hydrogen) atoms. The Morgan fingerprint density at radius 3 is 2.76 bits per heavy atom. The van der Waals surface area contributed by atoms with Crippen molar-refractivity contribution in [1.29, 1.82) is 0 Å². The van der Waals surface area contributed by atoms with E-state index < -0.39 is 0 Å². The molecule has 5 rings (SSSR count). The van der Waals surface area contributed by atoms with Crippen molar-refractivity contribution in [2.75, 3.05) is 11.4 Å². The Hall–Kier alpha value is -3.55. The molecular formula is C21H21N7O. The number of aryl methyl sites for hydroxylation is 2. The summed E-state index contributed by atoms with van der Waals surface area (Å²) in [6.45, 7) is 2.84. The lowest BCUT2D eigenvalue weighted by Crippen LogP contribution is -2.25. The van der Waals surface area contributed by atoms with E-state index in [1.807, 2.05) is 56.6 Å². The van der Waals surface area contributed by atoms with Gasteiger partial charge >= 0.3 is 0 Å². The monoisotopic (exact) mass is 387 g/mol. The summed E-state index contributed by atoms with van der Waals surface area (Å²) in [7, 11) is 1.91. The smallest absolute Gasteiger partial charge is 0.249 e. The number of anilines is 1. The first-order valence-electron chi connectivity index (χ1n) is 9.68. The molecule has 1 saturated heterocycles. The summed E-state index contributed by atoms with van der Waals surface area (Å²) in [4.78, 5) is 16.1. The number of hydrogen-bond donors (Lipinski definition) is 0. The molecule has 1 fully saturated rings. The molecule has 0 N–H and O–H groups in total. The SMILES string of the molecule is Cc1nn(C)cc1-c1ccnc(N2CCC[C@@H]2c2nc(-c3ccccc3)no2)n1. The van der Waals surface area contributed by atoms with Gasteiger partial charge in [-0.2, -0.15) is 10.1 Å². The second-order valence-electron chi connectivity index (χ2n) is 7.22. The molecule has 0 amide bonds. The van der Waals surface area contributed by atoms with Crippen LogP contribution >= 0.6 is 0 Å². The first-order valence-corrected chi connectivity index (χ1v) is 9.68. The normalized spacial score (nSPS) is 16.5. The summed E-state index contributed by atoms with van der Waals surface area (Å²) in [6, 6.07) is 11.7. The van der Waals surface area contributed by atoms with Gasteiger partial charge in [-0.15, -0.1) is 0 Å². The summed E-state index contributed by atoms with van der Waals surface area (Å²) in [5.74, 6) is 1.88. The van der Waals surface area contributed by atoms with Crippen LogP contribution in [0.5, 0.6) is 0 Å². The van der Waals surface area contributed by atoms with Crippen LogP contribution in [0.4, 0.5) is 5.95 Å². The van der Waals surface area contributed by atoms with E-state index in [4.69, 9.17) is 9.51 Å². The van der Waals surface area contributed by atoms with Crippen LogP contribution in [0.1, 0.15) is 30.5 Å². The molecule has 0 unspecified atom stereocenters. The van der Waals surface area contributed by atoms with Crippen LogP contribution in [0.15, 0.2) is 53.3 Å². The van der Waals surface area contributed by atoms with Crippen molar-refractivity contribution < 1.29 is 4.52 Å². The van der Waals surface area contributed by atoms with Crippen molar-refractivity contribution in [3.05, 3.63) is 60.4 Å². The fourth-order valence-electron chi connectivity index (χ4n) is 3.83. The van der Waals surface area contributed by atoms with Gasteiger partial charge in [-0.1, -0.05) is 35.5 Å². The van der Waals surface area contributed by atoms with Crippen molar-refractivity contribution in [2.24, 2.45) is 7.05 Å². The number of benzene rings is 1. The van der Waals surface area contributed by atoms with E-state index in [9.17, 15) is 0 Å². The Labute approximate surface area is 168 Å². The van der Waals surface area contributed by atoms with Crippen molar-refractivity contribution in [1.82, 2.24) is 29.9 Å². The van der Waals surface area contributed by atoms with E-state index >= 15 is 0 Å². The highest BCUT2D eigenvalue weighted by Crippen LogP contribution is 2.35. The lowest BCUT2D eigenvalue weighted by Gasteiger charge is -2.21. The van der Waals surface area contributed by atoms with Crippen molar-refractivity contribution >= 4 is 5.95 Å². The number of hydrogen-bond acceptors (Lipinski definition) is 7. The molecule has 3 aromatic heterocycles. The zero-order valence-electron chi connectivity index (χ0n) is 16.4. The Morgan fingerprint density at radius 1 is 1.10 bits per heavy atom. The first-order chi connectivity index (χ1) is 14.2. The van der Waals surface area contributed by atoms with E-state index in [0.29, 0.717) is 17.7 Å². The van der Waals surface area contributed by atoms with E-state index in [1.165, 1.54) is 0 Å². The van der Waals surface area contributed by atoms with Gasteiger partial charge in [0, 0.05) is 37.1 Å². The largest absolute Gasteiger partial charge is 0.337 e. The van der Waals surface area contributed by atoms with Crippen LogP contribution in [-0.4, -0.2) is 36.4 Å². The molecule has 146 valence electrons.